The summed E-state index contributed by atoms with van der Waals surface area (Å²) in [5.41, 5.74) is 0.490. The molecule has 64 valence electrons. The average Bonchev–Trinajstić information content (AvgIpc) is 1.64. The van der Waals surface area contributed by atoms with Crippen LogP contribution in [0, 0.1) is 5.41 Å². The molecule has 1 N–H and O–H groups in total. The van der Waals surface area contributed by atoms with Crippen LogP contribution in [-0.4, -0.2) is 13.6 Å². The molecule has 0 amide bonds. The summed E-state index contributed by atoms with van der Waals surface area (Å²) >= 11 is 0. The molecule has 0 aromatic heterocycles. The fourth-order valence-electron chi connectivity index (χ4n) is 1.24. The van der Waals surface area contributed by atoms with Crippen molar-refractivity contribution in [3.05, 3.63) is 0 Å². The number of rotatable bonds is 4. The van der Waals surface area contributed by atoms with E-state index < -0.39 is 0 Å². The second-order valence-corrected chi connectivity index (χ2v) is 3.44. The summed E-state index contributed by atoms with van der Waals surface area (Å²) in [5, 5.41) is 3.19. The fourth-order valence-corrected chi connectivity index (χ4v) is 1.24. The summed E-state index contributed by atoms with van der Waals surface area (Å²) in [6.07, 6.45) is 2.60. The first-order valence-electron chi connectivity index (χ1n) is 3.77. The monoisotopic (exact) mass is 165 g/mol. The van der Waals surface area contributed by atoms with E-state index in [2.05, 4.69) is 26.1 Å². The Bertz CT molecular complexity index is 63.7. The van der Waals surface area contributed by atoms with Gasteiger partial charge in [0.25, 0.3) is 0 Å². The second-order valence-electron chi connectivity index (χ2n) is 3.44. The van der Waals surface area contributed by atoms with Crippen molar-refractivity contribution in [2.45, 2.75) is 33.6 Å². The number of hydrogen-bond donors (Lipinski definition) is 1. The largest absolute Gasteiger partial charge is 0.319 e. The van der Waals surface area contributed by atoms with Crippen molar-refractivity contribution in [3.8, 4) is 0 Å². The van der Waals surface area contributed by atoms with Crippen LogP contribution in [0.3, 0.4) is 0 Å². The van der Waals surface area contributed by atoms with Crippen LogP contribution in [0.2, 0.25) is 0 Å². The molecule has 2 heteroatoms. The number of halogens is 1. The first-order chi connectivity index (χ1) is 4.12. The molecular weight excluding hydrogens is 146 g/mol. The van der Waals surface area contributed by atoms with Crippen LogP contribution < -0.4 is 5.32 Å². The van der Waals surface area contributed by atoms with E-state index in [9.17, 15) is 0 Å². The molecule has 0 radical (unpaired) electrons. The van der Waals surface area contributed by atoms with Crippen molar-refractivity contribution in [2.24, 2.45) is 5.41 Å². The van der Waals surface area contributed by atoms with Gasteiger partial charge in [-0.3, -0.25) is 0 Å². The Hall–Kier alpha value is 0.250. The summed E-state index contributed by atoms with van der Waals surface area (Å²) in [6, 6.07) is 0. The smallest absolute Gasteiger partial charge is 0.0000489 e. The Labute approximate surface area is 71.0 Å². The highest BCUT2D eigenvalue weighted by Gasteiger charge is 2.13. The van der Waals surface area contributed by atoms with E-state index in [0.29, 0.717) is 5.41 Å². The maximum absolute atomic E-state index is 3.19. The molecule has 0 unspecified atom stereocenters. The molecule has 0 aromatic carbocycles. The third-order valence-electron chi connectivity index (χ3n) is 1.58. The molecule has 0 aliphatic rings. The predicted molar refractivity (Wildman–Crippen MR) is 49.9 cm³/mol. The van der Waals surface area contributed by atoms with E-state index in [4.69, 9.17) is 0 Å². The van der Waals surface area contributed by atoms with Gasteiger partial charge in [-0.25, -0.2) is 0 Å². The van der Waals surface area contributed by atoms with Gasteiger partial charge in [-0.2, -0.15) is 0 Å². The first kappa shape index (κ1) is 12.9. The fraction of sp³-hybridized carbons (Fsp3) is 1.00. The highest BCUT2D eigenvalue weighted by molar-refractivity contribution is 5.85. The van der Waals surface area contributed by atoms with Gasteiger partial charge in [0.05, 0.1) is 0 Å². The van der Waals surface area contributed by atoms with Gasteiger partial charge in [-0.05, 0) is 25.4 Å². The highest BCUT2D eigenvalue weighted by atomic mass is 35.5. The topological polar surface area (TPSA) is 12.0 Å². The zero-order valence-electron chi connectivity index (χ0n) is 7.53. The molecule has 10 heavy (non-hydrogen) atoms. The van der Waals surface area contributed by atoms with Crippen molar-refractivity contribution in [1.29, 1.82) is 0 Å². The maximum atomic E-state index is 3.19. The predicted octanol–water partition coefficient (Wildman–Crippen LogP) is 2.45. The van der Waals surface area contributed by atoms with Gasteiger partial charge in [-0.15, -0.1) is 12.4 Å². The molecule has 0 bridgehead atoms. The van der Waals surface area contributed by atoms with Crippen molar-refractivity contribution in [3.63, 3.8) is 0 Å². The van der Waals surface area contributed by atoms with Crippen molar-refractivity contribution >= 4 is 12.4 Å². The van der Waals surface area contributed by atoms with Crippen molar-refractivity contribution < 1.29 is 0 Å². The lowest BCUT2D eigenvalue weighted by molar-refractivity contribution is 0.321. The van der Waals surface area contributed by atoms with Gasteiger partial charge in [0.1, 0.15) is 0 Å². The minimum Gasteiger partial charge on any atom is -0.319 e. The van der Waals surface area contributed by atoms with Crippen LogP contribution in [-0.2, 0) is 0 Å². The summed E-state index contributed by atoms with van der Waals surface area (Å²) < 4.78 is 0. The maximum Gasteiger partial charge on any atom is -0.0000489 e. The molecule has 0 atom stereocenters. The molecule has 0 rings (SSSR count). The van der Waals surface area contributed by atoms with Crippen LogP contribution in [0.15, 0.2) is 0 Å². The molecule has 0 aliphatic carbocycles. The molecule has 1 nitrogen and oxygen atoms in total. The van der Waals surface area contributed by atoms with Crippen LogP contribution in [0.5, 0.6) is 0 Å². The van der Waals surface area contributed by atoms with Gasteiger partial charge in [0, 0.05) is 0 Å². The second kappa shape index (κ2) is 5.99. The molecule has 0 saturated heterocycles. The molecule has 0 spiro atoms. The number of nitrogens with one attached hydrogen (secondary N) is 1. The van der Waals surface area contributed by atoms with E-state index in [0.717, 1.165) is 6.54 Å². The Morgan fingerprint density at radius 3 is 2.10 bits per heavy atom. The lowest BCUT2D eigenvalue weighted by Gasteiger charge is -2.22. The van der Waals surface area contributed by atoms with Crippen LogP contribution in [0.1, 0.15) is 33.6 Å². The minimum absolute atomic E-state index is 0. The molecular formula is C8H20ClN. The minimum atomic E-state index is 0. The summed E-state index contributed by atoms with van der Waals surface area (Å²) in [7, 11) is 2.01. The van der Waals surface area contributed by atoms with Gasteiger partial charge >= 0.3 is 0 Å². The lowest BCUT2D eigenvalue weighted by Crippen LogP contribution is -2.26. The molecule has 0 aliphatic heterocycles. The zero-order chi connectivity index (χ0) is 7.33. The van der Waals surface area contributed by atoms with Gasteiger partial charge in [0.15, 0.2) is 0 Å². The standard InChI is InChI=1S/C8H19N.ClH/c1-5-6-8(2,3)7-9-4;/h9H,5-7H2,1-4H3;1H. The van der Waals surface area contributed by atoms with Gasteiger partial charge in [0.2, 0.25) is 0 Å². The Kier molecular flexibility index (Phi) is 7.72. The molecule has 0 saturated carbocycles. The normalized spacial score (nSPS) is 10.8. The Morgan fingerprint density at radius 1 is 1.30 bits per heavy atom. The van der Waals surface area contributed by atoms with Crippen LogP contribution in [0.25, 0.3) is 0 Å². The average molecular weight is 166 g/mol. The third kappa shape index (κ3) is 6.37. The van der Waals surface area contributed by atoms with E-state index in [1.165, 1.54) is 12.8 Å². The van der Waals surface area contributed by atoms with Gasteiger partial charge in [-0.1, -0.05) is 27.2 Å². The molecule has 0 fully saturated rings. The van der Waals surface area contributed by atoms with E-state index >= 15 is 0 Å². The zero-order valence-corrected chi connectivity index (χ0v) is 8.35. The Morgan fingerprint density at radius 2 is 1.80 bits per heavy atom. The third-order valence-corrected chi connectivity index (χ3v) is 1.58. The van der Waals surface area contributed by atoms with Crippen LogP contribution >= 0.6 is 12.4 Å². The summed E-state index contributed by atoms with van der Waals surface area (Å²) in [4.78, 5) is 0. The number of hydrogen-bond acceptors (Lipinski definition) is 1. The Balaban J connectivity index is 0. The van der Waals surface area contributed by atoms with E-state index in [1.807, 2.05) is 7.05 Å². The van der Waals surface area contributed by atoms with Crippen molar-refractivity contribution in [1.82, 2.24) is 5.32 Å². The van der Waals surface area contributed by atoms with E-state index in [-0.39, 0.29) is 12.4 Å². The van der Waals surface area contributed by atoms with E-state index in [1.54, 1.807) is 0 Å². The van der Waals surface area contributed by atoms with Gasteiger partial charge < -0.3 is 5.32 Å². The SMILES string of the molecule is CCCC(C)(C)CNC.Cl. The molecule has 0 heterocycles. The van der Waals surface area contributed by atoms with Crippen LogP contribution in [0.4, 0.5) is 0 Å². The summed E-state index contributed by atoms with van der Waals surface area (Å²) in [6.45, 7) is 7.96. The quantitative estimate of drug-likeness (QED) is 0.675. The highest BCUT2D eigenvalue weighted by Crippen LogP contribution is 2.19. The lowest BCUT2D eigenvalue weighted by atomic mass is 9.88. The molecule has 0 aromatic rings. The van der Waals surface area contributed by atoms with Crippen molar-refractivity contribution in [2.75, 3.05) is 13.6 Å². The summed E-state index contributed by atoms with van der Waals surface area (Å²) in [5.74, 6) is 0. The first-order valence-corrected chi connectivity index (χ1v) is 3.77.